The lowest BCUT2D eigenvalue weighted by molar-refractivity contribution is 0.441. The number of rotatable bonds is 7. The molecule has 96 valence electrons. The van der Waals surface area contributed by atoms with E-state index in [9.17, 15) is 8.42 Å². The molecule has 0 radical (unpaired) electrons. The molecule has 0 bridgehead atoms. The first-order valence-corrected chi connectivity index (χ1v) is 7.66. The van der Waals surface area contributed by atoms with Gasteiger partial charge in [0.1, 0.15) is 0 Å². The molecular weight excluding hydrogens is 226 g/mol. The quantitative estimate of drug-likeness (QED) is 0.545. The molecule has 0 saturated carbocycles. The summed E-state index contributed by atoms with van der Waals surface area (Å²) in [7, 11) is -3.30. The molecule has 1 fully saturated rings. The van der Waals surface area contributed by atoms with Crippen LogP contribution in [0.5, 0.6) is 0 Å². The van der Waals surface area contributed by atoms with Crippen molar-refractivity contribution >= 4 is 10.0 Å². The van der Waals surface area contributed by atoms with E-state index in [1.54, 1.807) is 0 Å². The van der Waals surface area contributed by atoms with Crippen molar-refractivity contribution in [3.8, 4) is 0 Å². The molecule has 4 N–H and O–H groups in total. The second-order valence-corrected chi connectivity index (χ2v) is 6.34. The molecule has 1 heterocycles. The molecular formula is C10H23N3O2S. The van der Waals surface area contributed by atoms with Crippen molar-refractivity contribution in [3.05, 3.63) is 0 Å². The van der Waals surface area contributed by atoms with Crippen LogP contribution in [0.1, 0.15) is 32.6 Å². The fraction of sp³-hybridized carbons (Fsp3) is 1.00. The van der Waals surface area contributed by atoms with E-state index in [1.165, 1.54) is 12.8 Å². The zero-order valence-corrected chi connectivity index (χ0v) is 10.7. The van der Waals surface area contributed by atoms with Crippen LogP contribution in [0.2, 0.25) is 0 Å². The summed E-state index contributed by atoms with van der Waals surface area (Å²) in [5, 5.41) is 11.7. The fourth-order valence-corrected chi connectivity index (χ4v) is 2.64. The molecule has 0 aromatic carbocycles. The molecule has 0 spiro atoms. The van der Waals surface area contributed by atoms with Crippen LogP contribution in [0.3, 0.4) is 0 Å². The number of hydrogen-bond donors (Lipinski definition) is 3. The molecule has 5 nitrogen and oxygen atoms in total. The number of sulfonamides is 1. The van der Waals surface area contributed by atoms with Crippen LogP contribution in [0.15, 0.2) is 0 Å². The predicted molar refractivity (Wildman–Crippen MR) is 65.7 cm³/mol. The molecule has 2 atom stereocenters. The molecule has 1 rings (SSSR count). The van der Waals surface area contributed by atoms with E-state index in [4.69, 9.17) is 5.14 Å². The summed E-state index contributed by atoms with van der Waals surface area (Å²) in [5.41, 5.74) is 0. The van der Waals surface area contributed by atoms with Crippen molar-refractivity contribution in [2.75, 3.05) is 18.8 Å². The van der Waals surface area contributed by atoms with Gasteiger partial charge in [0.05, 0.1) is 5.75 Å². The van der Waals surface area contributed by atoms with Gasteiger partial charge in [-0.3, -0.25) is 0 Å². The van der Waals surface area contributed by atoms with Gasteiger partial charge in [0, 0.05) is 12.1 Å². The Balaban J connectivity index is 2.03. The monoisotopic (exact) mass is 249 g/mol. The van der Waals surface area contributed by atoms with Crippen LogP contribution in [-0.2, 0) is 10.0 Å². The zero-order chi connectivity index (χ0) is 12.0. The highest BCUT2D eigenvalue weighted by Crippen LogP contribution is 2.10. The first-order valence-electron chi connectivity index (χ1n) is 5.94. The van der Waals surface area contributed by atoms with E-state index in [1.807, 2.05) is 0 Å². The Morgan fingerprint density at radius 2 is 2.31 bits per heavy atom. The van der Waals surface area contributed by atoms with Crippen molar-refractivity contribution in [2.24, 2.45) is 5.14 Å². The Bertz CT molecular complexity index is 286. The summed E-state index contributed by atoms with van der Waals surface area (Å²) < 4.78 is 21.4. The third-order valence-electron chi connectivity index (χ3n) is 2.90. The van der Waals surface area contributed by atoms with Crippen LogP contribution >= 0.6 is 0 Å². The van der Waals surface area contributed by atoms with Crippen LogP contribution in [0.25, 0.3) is 0 Å². The zero-order valence-electron chi connectivity index (χ0n) is 9.91. The lowest BCUT2D eigenvalue weighted by Gasteiger charge is -2.18. The Morgan fingerprint density at radius 3 is 2.88 bits per heavy atom. The minimum absolute atomic E-state index is 0.0639. The van der Waals surface area contributed by atoms with Gasteiger partial charge in [-0.25, -0.2) is 13.6 Å². The maximum Gasteiger partial charge on any atom is 0.209 e. The average molecular weight is 249 g/mol. The Kier molecular flexibility index (Phi) is 5.68. The molecule has 1 saturated heterocycles. The van der Waals surface area contributed by atoms with E-state index in [0.29, 0.717) is 25.0 Å². The van der Waals surface area contributed by atoms with Crippen LogP contribution in [0, 0.1) is 0 Å². The van der Waals surface area contributed by atoms with Crippen molar-refractivity contribution < 1.29 is 8.42 Å². The summed E-state index contributed by atoms with van der Waals surface area (Å²) in [6.07, 6.45) is 4.21. The Hall–Kier alpha value is -0.170. The van der Waals surface area contributed by atoms with Crippen molar-refractivity contribution in [1.29, 1.82) is 0 Å². The highest BCUT2D eigenvalue weighted by atomic mass is 32.2. The van der Waals surface area contributed by atoms with Gasteiger partial charge in [0.2, 0.25) is 10.0 Å². The predicted octanol–water partition coefficient (Wildman–Crippen LogP) is -0.215. The SMILES string of the molecule is CC(CC1CCCN1)NCCCS(N)(=O)=O. The normalized spacial score (nSPS) is 23.5. The summed E-state index contributed by atoms with van der Waals surface area (Å²) in [4.78, 5) is 0. The molecule has 0 amide bonds. The molecule has 1 aliphatic rings. The van der Waals surface area contributed by atoms with Gasteiger partial charge in [-0.1, -0.05) is 0 Å². The van der Waals surface area contributed by atoms with Gasteiger partial charge in [-0.2, -0.15) is 0 Å². The van der Waals surface area contributed by atoms with E-state index in [0.717, 1.165) is 13.0 Å². The first-order chi connectivity index (χ1) is 7.47. The molecule has 0 aliphatic carbocycles. The van der Waals surface area contributed by atoms with Crippen LogP contribution in [-0.4, -0.2) is 39.3 Å². The molecule has 0 aromatic heterocycles. The molecule has 1 aliphatic heterocycles. The molecule has 2 unspecified atom stereocenters. The second kappa shape index (κ2) is 6.54. The third-order valence-corrected chi connectivity index (χ3v) is 3.76. The minimum atomic E-state index is -3.30. The van der Waals surface area contributed by atoms with Crippen LogP contribution in [0.4, 0.5) is 0 Å². The summed E-state index contributed by atoms with van der Waals surface area (Å²) in [6.45, 7) is 3.98. The lowest BCUT2D eigenvalue weighted by atomic mass is 10.1. The number of primary sulfonamides is 1. The lowest BCUT2D eigenvalue weighted by Crippen LogP contribution is -2.35. The number of nitrogens with one attached hydrogen (secondary N) is 2. The van der Waals surface area contributed by atoms with Gasteiger partial charge in [0.15, 0.2) is 0 Å². The van der Waals surface area contributed by atoms with Crippen molar-refractivity contribution in [1.82, 2.24) is 10.6 Å². The van der Waals surface area contributed by atoms with Crippen molar-refractivity contribution in [3.63, 3.8) is 0 Å². The highest BCUT2D eigenvalue weighted by molar-refractivity contribution is 7.89. The van der Waals surface area contributed by atoms with E-state index >= 15 is 0 Å². The summed E-state index contributed by atoms with van der Waals surface area (Å²) >= 11 is 0. The maximum absolute atomic E-state index is 10.7. The largest absolute Gasteiger partial charge is 0.314 e. The minimum Gasteiger partial charge on any atom is -0.314 e. The smallest absolute Gasteiger partial charge is 0.209 e. The third kappa shape index (κ3) is 6.42. The Morgan fingerprint density at radius 1 is 1.56 bits per heavy atom. The molecule has 6 heteroatoms. The maximum atomic E-state index is 10.7. The Labute approximate surface area is 98.2 Å². The topological polar surface area (TPSA) is 84.2 Å². The number of hydrogen-bond acceptors (Lipinski definition) is 4. The molecule has 0 aromatic rings. The highest BCUT2D eigenvalue weighted by Gasteiger charge is 2.16. The first kappa shape index (κ1) is 13.9. The van der Waals surface area contributed by atoms with Gasteiger partial charge in [0.25, 0.3) is 0 Å². The van der Waals surface area contributed by atoms with Gasteiger partial charge < -0.3 is 10.6 Å². The average Bonchev–Trinajstić information content (AvgIpc) is 2.63. The van der Waals surface area contributed by atoms with E-state index in [-0.39, 0.29) is 5.75 Å². The van der Waals surface area contributed by atoms with Gasteiger partial charge in [-0.05, 0) is 45.7 Å². The van der Waals surface area contributed by atoms with Crippen molar-refractivity contribution in [2.45, 2.75) is 44.7 Å². The van der Waals surface area contributed by atoms with Gasteiger partial charge in [-0.15, -0.1) is 0 Å². The standard InChI is InChI=1S/C10H23N3O2S/c1-9(8-10-4-2-5-13-10)12-6-3-7-16(11,14)15/h9-10,12-13H,2-8H2,1H3,(H2,11,14,15). The van der Waals surface area contributed by atoms with Crippen LogP contribution < -0.4 is 15.8 Å². The van der Waals surface area contributed by atoms with Gasteiger partial charge >= 0.3 is 0 Å². The van der Waals surface area contributed by atoms with E-state index < -0.39 is 10.0 Å². The molecule has 16 heavy (non-hydrogen) atoms. The fourth-order valence-electron chi connectivity index (χ4n) is 2.09. The summed E-state index contributed by atoms with van der Waals surface area (Å²) in [6, 6.07) is 1.05. The second-order valence-electron chi connectivity index (χ2n) is 4.60. The van der Waals surface area contributed by atoms with E-state index in [2.05, 4.69) is 17.6 Å². The summed E-state index contributed by atoms with van der Waals surface area (Å²) in [5.74, 6) is 0.0639. The number of nitrogens with two attached hydrogens (primary N) is 1.